The molecular weight excluding hydrogens is 617 g/mol. The van der Waals surface area contributed by atoms with E-state index in [1.54, 1.807) is 0 Å². The van der Waals surface area contributed by atoms with Crippen molar-refractivity contribution in [2.24, 2.45) is 0 Å². The van der Waals surface area contributed by atoms with E-state index >= 15 is 0 Å². The number of fused-ring (bicyclic) bond motifs is 13. The lowest BCUT2D eigenvalue weighted by Crippen LogP contribution is -2.25. The molecule has 0 amide bonds. The highest BCUT2D eigenvalue weighted by Gasteiger charge is 2.52. The topological polar surface area (TPSA) is 25.8 Å². The summed E-state index contributed by atoms with van der Waals surface area (Å²) in [6, 6.07) is 64.3. The molecule has 2 aromatic heterocycles. The molecule has 0 unspecified atom stereocenters. The lowest BCUT2D eigenvalue weighted by Gasteiger charge is -2.30. The Morgan fingerprint density at radius 3 is 1.88 bits per heavy atom. The number of rotatable bonds is 3. The van der Waals surface area contributed by atoms with Crippen molar-refractivity contribution in [2.45, 2.75) is 5.41 Å². The van der Waals surface area contributed by atoms with Crippen LogP contribution in [-0.4, -0.2) is 9.97 Å². The van der Waals surface area contributed by atoms with Gasteiger partial charge in [0.25, 0.3) is 0 Å². The molecule has 9 aromatic rings. The number of hydrogen-bond donors (Lipinski definition) is 0. The minimum absolute atomic E-state index is 0.393. The van der Waals surface area contributed by atoms with E-state index in [9.17, 15) is 0 Å². The lowest BCUT2D eigenvalue weighted by atomic mass is 9.70. The van der Waals surface area contributed by atoms with Gasteiger partial charge in [-0.15, -0.1) is 0 Å². The van der Waals surface area contributed by atoms with Crippen LogP contribution in [0.4, 0.5) is 0 Å². The largest absolute Gasteiger partial charge is 0.255 e. The highest BCUT2D eigenvalue weighted by Crippen LogP contribution is 2.64. The van der Waals surface area contributed by atoms with Crippen LogP contribution in [0.3, 0.4) is 0 Å². The third-order valence-electron chi connectivity index (χ3n) is 11.1. The molecule has 7 aromatic carbocycles. The molecule has 2 heteroatoms. The molecule has 0 radical (unpaired) electrons. The summed E-state index contributed by atoms with van der Waals surface area (Å²) in [4.78, 5) is 9.51. The minimum Gasteiger partial charge on any atom is -0.255 e. The molecule has 236 valence electrons. The Hall–Kier alpha value is -6.64. The van der Waals surface area contributed by atoms with Crippen LogP contribution in [0.2, 0.25) is 0 Å². The summed E-state index contributed by atoms with van der Waals surface area (Å²) in [6.45, 7) is 0. The fourth-order valence-corrected chi connectivity index (χ4v) is 8.94. The molecule has 0 atom stereocenters. The second kappa shape index (κ2) is 10.7. The van der Waals surface area contributed by atoms with E-state index in [1.807, 2.05) is 30.5 Å². The van der Waals surface area contributed by atoms with Crippen LogP contribution in [0.25, 0.3) is 77.6 Å². The zero-order valence-corrected chi connectivity index (χ0v) is 27.7. The van der Waals surface area contributed by atoms with Crippen LogP contribution in [0.5, 0.6) is 0 Å². The summed E-state index contributed by atoms with van der Waals surface area (Å²) in [7, 11) is 0. The van der Waals surface area contributed by atoms with Crippen molar-refractivity contribution in [2.75, 3.05) is 0 Å². The van der Waals surface area contributed by atoms with Crippen molar-refractivity contribution < 1.29 is 0 Å². The summed E-state index contributed by atoms with van der Waals surface area (Å²) < 4.78 is 0. The molecule has 0 fully saturated rings. The highest BCUT2D eigenvalue weighted by atomic mass is 14.8. The number of aromatic nitrogens is 2. The van der Waals surface area contributed by atoms with E-state index in [0.717, 1.165) is 22.6 Å². The first-order valence-corrected chi connectivity index (χ1v) is 17.6. The maximum atomic E-state index is 4.99. The van der Waals surface area contributed by atoms with Crippen molar-refractivity contribution in [3.63, 3.8) is 0 Å². The van der Waals surface area contributed by atoms with Crippen LogP contribution in [0.15, 0.2) is 182 Å². The predicted octanol–water partition coefficient (Wildman–Crippen LogP) is 12.1. The smallest absolute Gasteiger partial charge is 0.0893 e. The molecule has 2 aliphatic rings. The Morgan fingerprint density at radius 1 is 0.353 bits per heavy atom. The standard InChI is InChI=1S/C49H30N2/c1-2-14-37-31(11-1)24-25-43-48(37)40-29-34-23-22-33(32-12-9-13-35(27-32)45-20-10-21-47(51-45)46-19-7-8-26-50-46)28-36(34)30-44(40)49(43)41-17-5-3-15-38(41)39-16-4-6-18-42(39)49/h1-30H. The highest BCUT2D eigenvalue weighted by molar-refractivity contribution is 6.08. The van der Waals surface area contributed by atoms with Gasteiger partial charge in [-0.05, 0) is 126 Å². The molecule has 0 aliphatic heterocycles. The van der Waals surface area contributed by atoms with E-state index in [0.29, 0.717) is 0 Å². The Morgan fingerprint density at radius 2 is 1.04 bits per heavy atom. The van der Waals surface area contributed by atoms with Gasteiger partial charge in [0.15, 0.2) is 0 Å². The van der Waals surface area contributed by atoms with Crippen LogP contribution in [0, 0.1) is 0 Å². The SMILES string of the molecule is c1ccc(-c2cccc(-c3cccc(-c4ccc5cc6c(cc5c4)C4(c5ccccc5-c5ccccc54)c4ccc5ccccc5c4-6)c3)n2)nc1. The molecule has 0 N–H and O–H groups in total. The minimum atomic E-state index is -0.393. The molecule has 2 nitrogen and oxygen atoms in total. The summed E-state index contributed by atoms with van der Waals surface area (Å²) >= 11 is 0. The maximum absolute atomic E-state index is 4.99. The van der Waals surface area contributed by atoms with Gasteiger partial charge >= 0.3 is 0 Å². The van der Waals surface area contributed by atoms with Gasteiger partial charge < -0.3 is 0 Å². The summed E-state index contributed by atoms with van der Waals surface area (Å²) in [5, 5.41) is 5.07. The third-order valence-corrected chi connectivity index (χ3v) is 11.1. The van der Waals surface area contributed by atoms with Gasteiger partial charge in [0.2, 0.25) is 0 Å². The lowest BCUT2D eigenvalue weighted by molar-refractivity contribution is 0.795. The second-order valence-corrected chi connectivity index (χ2v) is 13.7. The zero-order valence-electron chi connectivity index (χ0n) is 27.7. The first kappa shape index (κ1) is 28.2. The van der Waals surface area contributed by atoms with E-state index in [-0.39, 0.29) is 0 Å². The average molecular weight is 647 g/mol. The third kappa shape index (κ3) is 3.99. The monoisotopic (exact) mass is 646 g/mol. The number of nitrogens with zero attached hydrogens (tertiary/aromatic N) is 2. The van der Waals surface area contributed by atoms with Gasteiger partial charge in [-0.2, -0.15) is 0 Å². The Kier molecular flexibility index (Phi) is 5.91. The number of benzene rings is 7. The molecule has 2 aliphatic carbocycles. The zero-order chi connectivity index (χ0) is 33.5. The van der Waals surface area contributed by atoms with Crippen LogP contribution < -0.4 is 0 Å². The van der Waals surface area contributed by atoms with Crippen LogP contribution in [-0.2, 0) is 5.41 Å². The fraction of sp³-hybridized carbons (Fsp3) is 0.0204. The van der Waals surface area contributed by atoms with Crippen molar-refractivity contribution >= 4 is 21.5 Å². The van der Waals surface area contributed by atoms with E-state index in [2.05, 4.69) is 157 Å². The predicted molar refractivity (Wildman–Crippen MR) is 210 cm³/mol. The summed E-state index contributed by atoms with van der Waals surface area (Å²) in [5.74, 6) is 0. The average Bonchev–Trinajstić information content (AvgIpc) is 3.67. The van der Waals surface area contributed by atoms with Crippen molar-refractivity contribution in [1.82, 2.24) is 9.97 Å². The molecule has 0 saturated carbocycles. The molecule has 0 bridgehead atoms. The molecule has 1 spiro atoms. The summed E-state index contributed by atoms with van der Waals surface area (Å²) in [6.07, 6.45) is 1.81. The first-order chi connectivity index (χ1) is 25.3. The normalized spacial score (nSPS) is 13.3. The van der Waals surface area contributed by atoms with Crippen molar-refractivity contribution in [3.05, 3.63) is 204 Å². The number of hydrogen-bond acceptors (Lipinski definition) is 2. The van der Waals surface area contributed by atoms with Gasteiger partial charge in [-0.25, -0.2) is 4.98 Å². The Bertz CT molecular complexity index is 2820. The van der Waals surface area contributed by atoms with Crippen molar-refractivity contribution in [1.29, 1.82) is 0 Å². The quantitative estimate of drug-likeness (QED) is 0.191. The summed E-state index contributed by atoms with van der Waals surface area (Å²) in [5.41, 5.74) is 16.5. The number of pyridine rings is 2. The van der Waals surface area contributed by atoms with E-state index in [1.165, 1.54) is 77.2 Å². The van der Waals surface area contributed by atoms with Gasteiger partial charge in [0.1, 0.15) is 0 Å². The van der Waals surface area contributed by atoms with Crippen molar-refractivity contribution in [3.8, 4) is 56.0 Å². The second-order valence-electron chi connectivity index (χ2n) is 13.7. The molecule has 11 rings (SSSR count). The Balaban J connectivity index is 1.12. The van der Waals surface area contributed by atoms with Gasteiger partial charge in [-0.3, -0.25) is 4.98 Å². The van der Waals surface area contributed by atoms with E-state index < -0.39 is 5.41 Å². The maximum Gasteiger partial charge on any atom is 0.0893 e. The molecule has 51 heavy (non-hydrogen) atoms. The van der Waals surface area contributed by atoms with Gasteiger partial charge in [0.05, 0.1) is 22.5 Å². The molecule has 2 heterocycles. The Labute approximate surface area is 296 Å². The van der Waals surface area contributed by atoms with Crippen LogP contribution in [0.1, 0.15) is 22.3 Å². The molecular formula is C49H30N2. The van der Waals surface area contributed by atoms with Gasteiger partial charge in [0, 0.05) is 11.8 Å². The van der Waals surface area contributed by atoms with Gasteiger partial charge in [-0.1, -0.05) is 127 Å². The fourth-order valence-electron chi connectivity index (χ4n) is 8.94. The molecule has 0 saturated heterocycles. The van der Waals surface area contributed by atoms with E-state index in [4.69, 9.17) is 4.98 Å². The van der Waals surface area contributed by atoms with Crippen LogP contribution >= 0.6 is 0 Å². The first-order valence-electron chi connectivity index (χ1n) is 17.6.